The molecular weight excluding hydrogens is 210 g/mol. The van der Waals surface area contributed by atoms with Gasteiger partial charge in [-0.2, -0.15) is 0 Å². The molecule has 1 N–H and O–H groups in total. The third kappa shape index (κ3) is 3.01. The average molecular weight is 239 g/mol. The van der Waals surface area contributed by atoms with Crippen LogP contribution in [0.15, 0.2) is 0 Å². The molecule has 2 aliphatic rings. The first-order valence-electron chi connectivity index (χ1n) is 7.25. The van der Waals surface area contributed by atoms with Crippen molar-refractivity contribution in [3.05, 3.63) is 0 Å². The molecule has 1 aliphatic heterocycles. The number of rotatable bonds is 4. The minimum atomic E-state index is 0.758. The molecule has 17 heavy (non-hydrogen) atoms. The molecule has 2 fully saturated rings. The molecule has 4 atom stereocenters. The maximum atomic E-state index is 3.61. The predicted molar refractivity (Wildman–Crippen MR) is 73.3 cm³/mol. The van der Waals surface area contributed by atoms with Gasteiger partial charge in [0.2, 0.25) is 0 Å². The lowest BCUT2D eigenvalue weighted by Gasteiger charge is -2.25. The van der Waals surface area contributed by atoms with Crippen LogP contribution >= 0.6 is 0 Å². The first kappa shape index (κ1) is 13.3. The fraction of sp³-hybridized carbons (Fsp3) is 1.00. The number of likely N-dealkylation sites (N-methyl/N-ethyl adjacent to an activating group) is 1. The highest BCUT2D eigenvalue weighted by Gasteiger charge is 2.37. The van der Waals surface area contributed by atoms with E-state index in [2.05, 4.69) is 43.1 Å². The molecule has 1 heterocycles. The summed E-state index contributed by atoms with van der Waals surface area (Å²) in [4.78, 5) is 5.15. The normalized spacial score (nSPS) is 39.4. The van der Waals surface area contributed by atoms with Crippen molar-refractivity contribution in [2.45, 2.75) is 51.2 Å². The van der Waals surface area contributed by atoms with Gasteiger partial charge >= 0.3 is 0 Å². The smallest absolute Gasteiger partial charge is 0.0254 e. The molecule has 4 unspecified atom stereocenters. The Morgan fingerprint density at radius 1 is 1.24 bits per heavy atom. The van der Waals surface area contributed by atoms with Gasteiger partial charge in [0.1, 0.15) is 0 Å². The molecule has 3 nitrogen and oxygen atoms in total. The summed E-state index contributed by atoms with van der Waals surface area (Å²) >= 11 is 0. The van der Waals surface area contributed by atoms with Crippen LogP contribution in [0.2, 0.25) is 0 Å². The summed E-state index contributed by atoms with van der Waals surface area (Å²) in [6.45, 7) is 8.31. The third-order valence-corrected chi connectivity index (χ3v) is 4.68. The first-order valence-corrected chi connectivity index (χ1v) is 7.25. The SMILES string of the molecule is CCNC1CCC(N2CC(C)C(N(C)C)C2)C1. The van der Waals surface area contributed by atoms with Gasteiger partial charge in [0.05, 0.1) is 0 Å². The van der Waals surface area contributed by atoms with E-state index in [9.17, 15) is 0 Å². The molecule has 1 saturated heterocycles. The van der Waals surface area contributed by atoms with Crippen LogP contribution in [0.25, 0.3) is 0 Å². The van der Waals surface area contributed by atoms with Crippen LogP contribution < -0.4 is 5.32 Å². The predicted octanol–water partition coefficient (Wildman–Crippen LogP) is 1.40. The fourth-order valence-corrected chi connectivity index (χ4v) is 3.72. The Kier molecular flexibility index (Phi) is 4.45. The quantitative estimate of drug-likeness (QED) is 0.800. The first-order chi connectivity index (χ1) is 8.11. The Hall–Kier alpha value is -0.120. The van der Waals surface area contributed by atoms with Crippen LogP contribution in [0.4, 0.5) is 0 Å². The van der Waals surface area contributed by atoms with Crippen molar-refractivity contribution in [3.8, 4) is 0 Å². The van der Waals surface area contributed by atoms with Crippen LogP contribution in [-0.2, 0) is 0 Å². The summed E-state index contributed by atoms with van der Waals surface area (Å²) in [6, 6.07) is 2.37. The van der Waals surface area contributed by atoms with Crippen molar-refractivity contribution in [2.75, 3.05) is 33.7 Å². The van der Waals surface area contributed by atoms with E-state index >= 15 is 0 Å². The van der Waals surface area contributed by atoms with Crippen LogP contribution in [0.1, 0.15) is 33.1 Å². The van der Waals surface area contributed by atoms with Crippen molar-refractivity contribution in [1.29, 1.82) is 0 Å². The molecular formula is C14H29N3. The lowest BCUT2D eigenvalue weighted by Crippen LogP contribution is -2.37. The van der Waals surface area contributed by atoms with Gasteiger partial charge in [0.25, 0.3) is 0 Å². The minimum Gasteiger partial charge on any atom is -0.314 e. The molecule has 1 aliphatic carbocycles. The van der Waals surface area contributed by atoms with E-state index in [1.54, 1.807) is 0 Å². The van der Waals surface area contributed by atoms with Crippen molar-refractivity contribution in [2.24, 2.45) is 5.92 Å². The number of nitrogens with one attached hydrogen (secondary N) is 1. The van der Waals surface area contributed by atoms with E-state index in [1.165, 1.54) is 32.4 Å². The van der Waals surface area contributed by atoms with Gasteiger partial charge in [0.15, 0.2) is 0 Å². The van der Waals surface area contributed by atoms with Crippen LogP contribution in [0, 0.1) is 5.92 Å². The summed E-state index contributed by atoms with van der Waals surface area (Å²) in [5.74, 6) is 0.822. The average Bonchev–Trinajstić information content (AvgIpc) is 2.85. The molecule has 0 aromatic carbocycles. The Labute approximate surface area is 107 Å². The van der Waals surface area contributed by atoms with Crippen LogP contribution in [0.5, 0.6) is 0 Å². The van der Waals surface area contributed by atoms with Crippen molar-refractivity contribution >= 4 is 0 Å². The zero-order valence-electron chi connectivity index (χ0n) is 11.9. The van der Waals surface area contributed by atoms with E-state index in [1.807, 2.05) is 0 Å². The summed E-state index contributed by atoms with van der Waals surface area (Å²) in [5, 5.41) is 3.61. The van der Waals surface area contributed by atoms with E-state index in [0.717, 1.165) is 30.6 Å². The van der Waals surface area contributed by atoms with Gasteiger partial charge in [-0.05, 0) is 45.8 Å². The molecule has 0 spiro atoms. The Morgan fingerprint density at radius 3 is 2.59 bits per heavy atom. The Bertz CT molecular complexity index is 242. The second-order valence-corrected chi connectivity index (χ2v) is 6.18. The topological polar surface area (TPSA) is 18.5 Å². The summed E-state index contributed by atoms with van der Waals surface area (Å²) in [7, 11) is 4.45. The van der Waals surface area contributed by atoms with Gasteiger partial charge in [0, 0.05) is 31.2 Å². The summed E-state index contributed by atoms with van der Waals surface area (Å²) in [5.41, 5.74) is 0. The third-order valence-electron chi connectivity index (χ3n) is 4.68. The largest absolute Gasteiger partial charge is 0.314 e. The second-order valence-electron chi connectivity index (χ2n) is 6.18. The lowest BCUT2D eigenvalue weighted by atomic mass is 10.1. The van der Waals surface area contributed by atoms with Crippen LogP contribution in [0.3, 0.4) is 0 Å². The maximum Gasteiger partial charge on any atom is 0.0254 e. The van der Waals surface area contributed by atoms with E-state index in [4.69, 9.17) is 0 Å². The number of likely N-dealkylation sites (tertiary alicyclic amines) is 1. The molecule has 0 bridgehead atoms. The monoisotopic (exact) mass is 239 g/mol. The summed E-state index contributed by atoms with van der Waals surface area (Å²) < 4.78 is 0. The number of hydrogen-bond acceptors (Lipinski definition) is 3. The van der Waals surface area contributed by atoms with Crippen molar-refractivity contribution in [1.82, 2.24) is 15.1 Å². The highest BCUT2D eigenvalue weighted by atomic mass is 15.3. The van der Waals surface area contributed by atoms with Crippen LogP contribution in [-0.4, -0.2) is 61.7 Å². The zero-order valence-corrected chi connectivity index (χ0v) is 11.9. The second kappa shape index (κ2) is 5.68. The standard InChI is InChI=1S/C14H29N3/c1-5-15-12-6-7-13(8-12)17-9-11(2)14(10-17)16(3)4/h11-15H,5-10H2,1-4H3. The molecule has 0 aromatic heterocycles. The molecule has 100 valence electrons. The molecule has 0 aromatic rings. The summed E-state index contributed by atoms with van der Waals surface area (Å²) in [6.07, 6.45) is 4.13. The number of hydrogen-bond donors (Lipinski definition) is 1. The van der Waals surface area contributed by atoms with Gasteiger partial charge < -0.3 is 10.2 Å². The molecule has 1 saturated carbocycles. The molecule has 0 radical (unpaired) electrons. The minimum absolute atomic E-state index is 0.758. The van der Waals surface area contributed by atoms with E-state index in [-0.39, 0.29) is 0 Å². The fourth-order valence-electron chi connectivity index (χ4n) is 3.72. The maximum absolute atomic E-state index is 3.61. The zero-order chi connectivity index (χ0) is 12.4. The van der Waals surface area contributed by atoms with Crippen molar-refractivity contribution < 1.29 is 0 Å². The van der Waals surface area contributed by atoms with Gasteiger partial charge in [-0.1, -0.05) is 13.8 Å². The number of nitrogens with zero attached hydrogens (tertiary/aromatic N) is 2. The molecule has 0 amide bonds. The molecule has 3 heteroatoms. The van der Waals surface area contributed by atoms with Gasteiger partial charge in [-0.3, -0.25) is 4.90 Å². The Balaban J connectivity index is 1.85. The Morgan fingerprint density at radius 2 is 2.00 bits per heavy atom. The highest BCUT2D eigenvalue weighted by Crippen LogP contribution is 2.30. The highest BCUT2D eigenvalue weighted by molar-refractivity contribution is 4.94. The lowest BCUT2D eigenvalue weighted by molar-refractivity contribution is 0.214. The van der Waals surface area contributed by atoms with E-state index < -0.39 is 0 Å². The van der Waals surface area contributed by atoms with Crippen molar-refractivity contribution in [3.63, 3.8) is 0 Å². The van der Waals surface area contributed by atoms with Gasteiger partial charge in [-0.15, -0.1) is 0 Å². The van der Waals surface area contributed by atoms with E-state index in [0.29, 0.717) is 0 Å². The van der Waals surface area contributed by atoms with Gasteiger partial charge in [-0.25, -0.2) is 0 Å². The molecule has 2 rings (SSSR count).